The number of hydrogen-bond acceptors (Lipinski definition) is 5. The van der Waals surface area contributed by atoms with Crippen LogP contribution in [0.4, 0.5) is 11.4 Å². The molecule has 0 bridgehead atoms. The number of hydrogen-bond donors (Lipinski definition) is 1. The molecule has 8 nitrogen and oxygen atoms in total. The summed E-state index contributed by atoms with van der Waals surface area (Å²) in [5.41, 5.74) is 0.717. The molecule has 2 heterocycles. The monoisotopic (exact) mass is 375 g/mol. The number of aliphatic carboxylic acids is 1. The lowest BCUT2D eigenvalue weighted by Gasteiger charge is -2.32. The molecule has 146 valence electrons. The fraction of sp³-hybridized carbons (Fsp3) is 0.579. The van der Waals surface area contributed by atoms with Crippen molar-refractivity contribution >= 4 is 23.3 Å². The van der Waals surface area contributed by atoms with Crippen LogP contribution in [0.2, 0.25) is 0 Å². The van der Waals surface area contributed by atoms with E-state index in [0.29, 0.717) is 31.0 Å². The number of nitro benzene ring substituents is 1. The number of anilines is 1. The zero-order valence-corrected chi connectivity index (χ0v) is 15.5. The summed E-state index contributed by atoms with van der Waals surface area (Å²) in [6.45, 7) is 4.33. The lowest BCUT2D eigenvalue weighted by Crippen LogP contribution is -2.42. The van der Waals surface area contributed by atoms with E-state index in [4.69, 9.17) is 0 Å². The van der Waals surface area contributed by atoms with Gasteiger partial charge in [-0.25, -0.2) is 0 Å². The van der Waals surface area contributed by atoms with Crippen LogP contribution in [0.1, 0.15) is 43.0 Å². The van der Waals surface area contributed by atoms with Gasteiger partial charge in [-0.2, -0.15) is 0 Å². The minimum atomic E-state index is -0.909. The molecule has 1 atom stereocenters. The molecule has 2 aliphatic rings. The molecule has 8 heteroatoms. The van der Waals surface area contributed by atoms with Crippen molar-refractivity contribution in [3.63, 3.8) is 0 Å². The highest BCUT2D eigenvalue weighted by molar-refractivity contribution is 5.96. The quantitative estimate of drug-likeness (QED) is 0.641. The molecule has 0 radical (unpaired) electrons. The molecule has 0 aliphatic carbocycles. The van der Waals surface area contributed by atoms with Crippen molar-refractivity contribution in [2.45, 2.75) is 32.6 Å². The largest absolute Gasteiger partial charge is 0.481 e. The maximum Gasteiger partial charge on any atom is 0.308 e. The van der Waals surface area contributed by atoms with Crippen LogP contribution >= 0.6 is 0 Å². The number of carbonyl (C=O) groups excluding carboxylic acids is 1. The normalized spacial score (nSPS) is 21.1. The predicted molar refractivity (Wildman–Crippen MR) is 100.0 cm³/mol. The van der Waals surface area contributed by atoms with Crippen LogP contribution in [-0.4, -0.2) is 53.0 Å². The number of carbonyl (C=O) groups is 2. The summed E-state index contributed by atoms with van der Waals surface area (Å²) in [6, 6.07) is 4.60. The molecule has 2 fully saturated rings. The molecule has 2 saturated heterocycles. The van der Waals surface area contributed by atoms with Gasteiger partial charge in [-0.15, -0.1) is 0 Å². The van der Waals surface area contributed by atoms with Crippen molar-refractivity contribution in [3.05, 3.63) is 33.9 Å². The molecule has 0 unspecified atom stereocenters. The molecule has 0 spiro atoms. The van der Waals surface area contributed by atoms with E-state index in [1.54, 1.807) is 12.1 Å². The fourth-order valence-corrected chi connectivity index (χ4v) is 3.87. The topological polar surface area (TPSA) is 104 Å². The zero-order valence-electron chi connectivity index (χ0n) is 15.5. The van der Waals surface area contributed by atoms with Crippen molar-refractivity contribution in [1.29, 1.82) is 0 Å². The Hall–Kier alpha value is -2.64. The van der Waals surface area contributed by atoms with Gasteiger partial charge in [0.1, 0.15) is 5.69 Å². The van der Waals surface area contributed by atoms with Gasteiger partial charge >= 0.3 is 5.97 Å². The maximum absolute atomic E-state index is 12.8. The average Bonchev–Trinajstić information content (AvgIpc) is 2.67. The summed E-state index contributed by atoms with van der Waals surface area (Å²) in [5.74, 6) is -1.22. The lowest BCUT2D eigenvalue weighted by atomic mass is 9.97. The minimum absolute atomic E-state index is 0.0674. The molecular formula is C19H25N3O5. The van der Waals surface area contributed by atoms with Gasteiger partial charge in [0.05, 0.1) is 10.8 Å². The standard InChI is InChI=1S/C19H25N3O5/c1-13-6-9-20(10-7-13)16-5-4-14(11-17(16)22(26)27)18(23)21-8-2-3-15(12-21)19(24)25/h4-5,11,13,15H,2-3,6-10,12H2,1H3,(H,24,25)/t15-/m0/s1. The van der Waals surface area contributed by atoms with Crippen molar-refractivity contribution < 1.29 is 19.6 Å². The van der Waals surface area contributed by atoms with Crippen LogP contribution in [0.15, 0.2) is 18.2 Å². The Morgan fingerprint density at radius 3 is 2.52 bits per heavy atom. The molecule has 3 rings (SSSR count). The second kappa shape index (κ2) is 7.94. The van der Waals surface area contributed by atoms with E-state index in [2.05, 4.69) is 6.92 Å². The zero-order chi connectivity index (χ0) is 19.6. The number of carboxylic acids is 1. The molecular weight excluding hydrogens is 350 g/mol. The molecule has 1 aromatic carbocycles. The first-order valence-corrected chi connectivity index (χ1v) is 9.42. The summed E-state index contributed by atoms with van der Waals surface area (Å²) in [5, 5.41) is 20.8. The number of nitrogens with zero attached hydrogens (tertiary/aromatic N) is 3. The molecule has 0 aromatic heterocycles. The Balaban J connectivity index is 1.82. The van der Waals surface area contributed by atoms with Crippen molar-refractivity contribution in [3.8, 4) is 0 Å². The molecule has 2 aliphatic heterocycles. The van der Waals surface area contributed by atoms with Gasteiger partial charge in [-0.3, -0.25) is 19.7 Å². The highest BCUT2D eigenvalue weighted by Crippen LogP contribution is 2.33. The SMILES string of the molecule is CC1CCN(c2ccc(C(=O)N3CCC[C@H](C(=O)O)C3)cc2[N+](=O)[O-])CC1. The van der Waals surface area contributed by atoms with Gasteiger partial charge in [0, 0.05) is 37.8 Å². The first-order chi connectivity index (χ1) is 12.9. The van der Waals surface area contributed by atoms with Crippen molar-refractivity contribution in [2.24, 2.45) is 11.8 Å². The van der Waals surface area contributed by atoms with E-state index in [0.717, 1.165) is 25.9 Å². The Bertz CT molecular complexity index is 743. The van der Waals surface area contributed by atoms with Gasteiger partial charge in [-0.05, 0) is 43.7 Å². The maximum atomic E-state index is 12.8. The molecule has 1 amide bonds. The number of rotatable bonds is 4. The first-order valence-electron chi connectivity index (χ1n) is 9.42. The molecule has 1 aromatic rings. The summed E-state index contributed by atoms with van der Waals surface area (Å²) in [6.07, 6.45) is 3.14. The molecule has 1 N–H and O–H groups in total. The van der Waals surface area contributed by atoms with Crippen LogP contribution < -0.4 is 4.90 Å². The lowest BCUT2D eigenvalue weighted by molar-refractivity contribution is -0.384. The second-order valence-corrected chi connectivity index (χ2v) is 7.56. The Labute approximate surface area is 157 Å². The fourth-order valence-electron chi connectivity index (χ4n) is 3.87. The third-order valence-electron chi connectivity index (χ3n) is 5.60. The predicted octanol–water partition coefficient (Wildman–Crippen LogP) is 2.77. The van der Waals surface area contributed by atoms with E-state index >= 15 is 0 Å². The third kappa shape index (κ3) is 4.20. The number of nitro groups is 1. The van der Waals surface area contributed by atoms with Crippen LogP contribution in [0.25, 0.3) is 0 Å². The van der Waals surface area contributed by atoms with Crippen molar-refractivity contribution in [2.75, 3.05) is 31.1 Å². The summed E-state index contributed by atoms with van der Waals surface area (Å²) >= 11 is 0. The van der Waals surface area contributed by atoms with E-state index in [-0.39, 0.29) is 23.7 Å². The van der Waals surface area contributed by atoms with Crippen LogP contribution in [0.5, 0.6) is 0 Å². The number of carboxylic acid groups (broad SMARTS) is 1. The van der Waals surface area contributed by atoms with Gasteiger partial charge in [0.2, 0.25) is 0 Å². The molecule has 0 saturated carbocycles. The highest BCUT2D eigenvalue weighted by Gasteiger charge is 2.30. The minimum Gasteiger partial charge on any atom is -0.481 e. The Morgan fingerprint density at radius 2 is 1.89 bits per heavy atom. The van der Waals surface area contributed by atoms with Crippen LogP contribution in [-0.2, 0) is 4.79 Å². The number of likely N-dealkylation sites (tertiary alicyclic amines) is 1. The van der Waals surface area contributed by atoms with Crippen LogP contribution in [0.3, 0.4) is 0 Å². The van der Waals surface area contributed by atoms with Gasteiger partial charge in [-0.1, -0.05) is 6.92 Å². The summed E-state index contributed by atoms with van der Waals surface area (Å²) in [7, 11) is 0. The van der Waals surface area contributed by atoms with Gasteiger partial charge in [0.15, 0.2) is 0 Å². The number of piperidine rings is 2. The Morgan fingerprint density at radius 1 is 1.19 bits per heavy atom. The smallest absolute Gasteiger partial charge is 0.308 e. The number of benzene rings is 1. The first kappa shape index (κ1) is 19.1. The average molecular weight is 375 g/mol. The van der Waals surface area contributed by atoms with Crippen LogP contribution in [0, 0.1) is 22.0 Å². The number of amides is 1. The second-order valence-electron chi connectivity index (χ2n) is 7.56. The van der Waals surface area contributed by atoms with E-state index in [9.17, 15) is 24.8 Å². The van der Waals surface area contributed by atoms with E-state index < -0.39 is 16.8 Å². The van der Waals surface area contributed by atoms with Gasteiger partial charge < -0.3 is 14.9 Å². The van der Waals surface area contributed by atoms with E-state index in [1.807, 2.05) is 4.90 Å². The third-order valence-corrected chi connectivity index (χ3v) is 5.60. The van der Waals surface area contributed by atoms with Gasteiger partial charge in [0.25, 0.3) is 11.6 Å². The molecule has 27 heavy (non-hydrogen) atoms. The van der Waals surface area contributed by atoms with Crippen molar-refractivity contribution in [1.82, 2.24) is 4.90 Å². The summed E-state index contributed by atoms with van der Waals surface area (Å²) in [4.78, 5) is 38.6. The summed E-state index contributed by atoms with van der Waals surface area (Å²) < 4.78 is 0. The Kier molecular flexibility index (Phi) is 5.62. The highest BCUT2D eigenvalue weighted by atomic mass is 16.6. The van der Waals surface area contributed by atoms with E-state index in [1.165, 1.54) is 11.0 Å².